The van der Waals surface area contributed by atoms with E-state index in [0.29, 0.717) is 15.7 Å². The number of amides is 1. The zero-order valence-electron chi connectivity index (χ0n) is 10.3. The molecular formula is C14H11Cl2IN2O. The third-order valence-electron chi connectivity index (χ3n) is 2.46. The molecule has 3 nitrogen and oxygen atoms in total. The van der Waals surface area contributed by atoms with Crippen molar-refractivity contribution in [2.45, 2.75) is 0 Å². The molecule has 1 amide bonds. The molecule has 0 aliphatic carbocycles. The molecule has 2 aromatic rings. The van der Waals surface area contributed by atoms with Crippen LogP contribution in [0.4, 0.5) is 11.4 Å². The first-order valence-electron chi connectivity index (χ1n) is 5.79. The molecule has 2 aromatic carbocycles. The number of rotatable bonds is 4. The Morgan fingerprint density at radius 2 is 1.75 bits per heavy atom. The minimum absolute atomic E-state index is 0.134. The molecule has 0 unspecified atom stereocenters. The van der Waals surface area contributed by atoms with Gasteiger partial charge in [-0.3, -0.25) is 4.79 Å². The quantitative estimate of drug-likeness (QED) is 0.707. The second-order valence-corrected chi connectivity index (χ2v) is 6.07. The second kappa shape index (κ2) is 7.15. The summed E-state index contributed by atoms with van der Waals surface area (Å²) in [5, 5.41) is 6.87. The highest BCUT2D eigenvalue weighted by atomic mass is 127. The number of carbonyl (C=O) groups is 1. The number of halogens is 3. The third-order valence-corrected chi connectivity index (χ3v) is 3.84. The van der Waals surface area contributed by atoms with Crippen molar-refractivity contribution in [2.24, 2.45) is 0 Å². The second-order valence-electron chi connectivity index (χ2n) is 4.04. The van der Waals surface area contributed by atoms with Crippen molar-refractivity contribution in [3.63, 3.8) is 0 Å². The number of nitrogens with one attached hydrogen (secondary N) is 2. The molecule has 0 saturated heterocycles. The van der Waals surface area contributed by atoms with Crippen molar-refractivity contribution in [1.82, 2.24) is 0 Å². The summed E-state index contributed by atoms with van der Waals surface area (Å²) in [4.78, 5) is 11.9. The highest BCUT2D eigenvalue weighted by Crippen LogP contribution is 2.22. The van der Waals surface area contributed by atoms with Crippen molar-refractivity contribution in [1.29, 1.82) is 0 Å². The van der Waals surface area contributed by atoms with Gasteiger partial charge in [0, 0.05) is 19.3 Å². The van der Waals surface area contributed by atoms with Crippen LogP contribution in [-0.4, -0.2) is 12.5 Å². The van der Waals surface area contributed by atoms with E-state index in [9.17, 15) is 4.79 Å². The summed E-state index contributed by atoms with van der Waals surface area (Å²) in [5.74, 6) is -0.134. The molecule has 0 heterocycles. The van der Waals surface area contributed by atoms with Gasteiger partial charge in [0.25, 0.3) is 0 Å². The van der Waals surface area contributed by atoms with Gasteiger partial charge in [-0.25, -0.2) is 0 Å². The number of hydrogen-bond donors (Lipinski definition) is 2. The van der Waals surface area contributed by atoms with E-state index in [1.165, 1.54) is 0 Å². The fourth-order valence-electron chi connectivity index (χ4n) is 1.60. The summed E-state index contributed by atoms with van der Waals surface area (Å²) >= 11 is 14.0. The SMILES string of the molecule is O=C(CNc1cc(Cl)cc(Cl)c1)Nc1ccccc1I. The lowest BCUT2D eigenvalue weighted by molar-refractivity contribution is -0.114. The Kier molecular flexibility index (Phi) is 5.51. The maximum atomic E-state index is 11.9. The fraction of sp³-hybridized carbons (Fsp3) is 0.0714. The highest BCUT2D eigenvalue weighted by Gasteiger charge is 2.05. The van der Waals surface area contributed by atoms with Crippen molar-refractivity contribution >= 4 is 63.1 Å². The van der Waals surface area contributed by atoms with Crippen molar-refractivity contribution in [2.75, 3.05) is 17.2 Å². The van der Waals surface area contributed by atoms with Crippen LogP contribution in [0.5, 0.6) is 0 Å². The van der Waals surface area contributed by atoms with Gasteiger partial charge in [0.2, 0.25) is 5.91 Å². The topological polar surface area (TPSA) is 41.1 Å². The van der Waals surface area contributed by atoms with Crippen LogP contribution in [0, 0.1) is 3.57 Å². The van der Waals surface area contributed by atoms with Gasteiger partial charge in [-0.1, -0.05) is 35.3 Å². The van der Waals surface area contributed by atoms with Gasteiger partial charge in [-0.2, -0.15) is 0 Å². The number of benzene rings is 2. The van der Waals surface area contributed by atoms with Crippen molar-refractivity contribution in [3.8, 4) is 0 Å². The van der Waals surface area contributed by atoms with E-state index in [2.05, 4.69) is 33.2 Å². The molecule has 2 rings (SSSR count). The van der Waals surface area contributed by atoms with Crippen LogP contribution in [0.3, 0.4) is 0 Å². The fourth-order valence-corrected chi connectivity index (χ4v) is 2.64. The van der Waals surface area contributed by atoms with Crippen LogP contribution >= 0.6 is 45.8 Å². The van der Waals surface area contributed by atoms with Crippen LogP contribution in [0.2, 0.25) is 10.0 Å². The van der Waals surface area contributed by atoms with Gasteiger partial charge >= 0.3 is 0 Å². The number of carbonyl (C=O) groups excluding carboxylic acids is 1. The van der Waals surface area contributed by atoms with Gasteiger partial charge in [0.05, 0.1) is 12.2 Å². The normalized spacial score (nSPS) is 10.2. The van der Waals surface area contributed by atoms with Crippen LogP contribution < -0.4 is 10.6 Å². The molecule has 0 radical (unpaired) electrons. The molecule has 0 spiro atoms. The molecule has 0 aromatic heterocycles. The maximum Gasteiger partial charge on any atom is 0.243 e. The molecule has 104 valence electrons. The zero-order valence-corrected chi connectivity index (χ0v) is 14.0. The predicted octanol–water partition coefficient (Wildman–Crippen LogP) is 4.65. The highest BCUT2D eigenvalue weighted by molar-refractivity contribution is 14.1. The van der Waals surface area contributed by atoms with Crippen molar-refractivity contribution in [3.05, 3.63) is 56.1 Å². The first-order valence-corrected chi connectivity index (χ1v) is 7.62. The molecule has 0 aliphatic rings. The maximum absolute atomic E-state index is 11.9. The van der Waals surface area contributed by atoms with Crippen LogP contribution in [-0.2, 0) is 4.79 Å². The zero-order chi connectivity index (χ0) is 14.5. The Bertz CT molecular complexity index is 614. The minimum atomic E-state index is -0.134. The van der Waals surface area contributed by atoms with Gasteiger partial charge in [-0.05, 0) is 52.9 Å². The van der Waals surface area contributed by atoms with E-state index >= 15 is 0 Å². The summed E-state index contributed by atoms with van der Waals surface area (Å²) < 4.78 is 0.990. The summed E-state index contributed by atoms with van der Waals surface area (Å²) in [5.41, 5.74) is 1.50. The van der Waals surface area contributed by atoms with Crippen LogP contribution in [0.1, 0.15) is 0 Å². The Labute approximate surface area is 140 Å². The number of anilines is 2. The first-order chi connectivity index (χ1) is 9.54. The molecule has 0 atom stereocenters. The van der Waals surface area contributed by atoms with Crippen LogP contribution in [0.15, 0.2) is 42.5 Å². The Balaban J connectivity index is 1.94. The average molecular weight is 421 g/mol. The van der Waals surface area contributed by atoms with Gasteiger partial charge in [-0.15, -0.1) is 0 Å². The molecule has 2 N–H and O–H groups in total. The average Bonchev–Trinajstić information content (AvgIpc) is 2.38. The lowest BCUT2D eigenvalue weighted by Gasteiger charge is -2.09. The monoisotopic (exact) mass is 420 g/mol. The number of hydrogen-bond acceptors (Lipinski definition) is 2. The summed E-state index contributed by atoms with van der Waals surface area (Å²) in [6, 6.07) is 12.7. The lowest BCUT2D eigenvalue weighted by Crippen LogP contribution is -2.22. The van der Waals surface area contributed by atoms with E-state index in [1.807, 2.05) is 24.3 Å². The molecule has 0 aliphatic heterocycles. The lowest BCUT2D eigenvalue weighted by atomic mass is 10.3. The summed E-state index contributed by atoms with van der Waals surface area (Å²) in [6.07, 6.45) is 0. The largest absolute Gasteiger partial charge is 0.376 e. The standard InChI is InChI=1S/C14H11Cl2IN2O/c15-9-5-10(16)7-11(6-9)18-8-14(20)19-13-4-2-1-3-12(13)17/h1-7,18H,8H2,(H,19,20). The summed E-state index contributed by atoms with van der Waals surface area (Å²) in [7, 11) is 0. The van der Waals surface area contributed by atoms with Gasteiger partial charge in [0.15, 0.2) is 0 Å². The predicted molar refractivity (Wildman–Crippen MR) is 92.7 cm³/mol. The Hall–Kier alpha value is -0.980. The Morgan fingerprint density at radius 3 is 2.40 bits per heavy atom. The van der Waals surface area contributed by atoms with E-state index in [4.69, 9.17) is 23.2 Å². The van der Waals surface area contributed by atoms with Gasteiger partial charge < -0.3 is 10.6 Å². The molecule has 0 fully saturated rings. The number of para-hydroxylation sites is 1. The third kappa shape index (κ3) is 4.54. The first kappa shape index (κ1) is 15.4. The van der Waals surface area contributed by atoms with Gasteiger partial charge in [0.1, 0.15) is 0 Å². The van der Waals surface area contributed by atoms with Crippen molar-refractivity contribution < 1.29 is 4.79 Å². The van der Waals surface area contributed by atoms with E-state index in [0.717, 1.165) is 9.26 Å². The van der Waals surface area contributed by atoms with E-state index in [1.54, 1.807) is 18.2 Å². The molecule has 0 saturated carbocycles. The van der Waals surface area contributed by atoms with E-state index in [-0.39, 0.29) is 12.5 Å². The van der Waals surface area contributed by atoms with Crippen LogP contribution in [0.25, 0.3) is 0 Å². The molecule has 6 heteroatoms. The smallest absolute Gasteiger partial charge is 0.243 e. The molecule has 20 heavy (non-hydrogen) atoms. The Morgan fingerprint density at radius 1 is 1.10 bits per heavy atom. The minimum Gasteiger partial charge on any atom is -0.376 e. The van der Waals surface area contributed by atoms with E-state index < -0.39 is 0 Å². The molecule has 0 bridgehead atoms. The summed E-state index contributed by atoms with van der Waals surface area (Å²) in [6.45, 7) is 0.141. The molecular weight excluding hydrogens is 410 g/mol.